The van der Waals surface area contributed by atoms with Gasteiger partial charge in [0.25, 0.3) is 0 Å². The third kappa shape index (κ3) is 9.98. The van der Waals surface area contributed by atoms with E-state index in [-0.39, 0.29) is 0 Å². The minimum absolute atomic E-state index is 1.32. The Bertz CT molecular complexity index is 130. The van der Waals surface area contributed by atoms with Crippen LogP contribution in [-0.4, -0.2) is 31.2 Å². The molecule has 2 heteroatoms. The summed E-state index contributed by atoms with van der Waals surface area (Å²) in [4.78, 5) is 0. The molecule has 0 aliphatic rings. The molecular weight excluding hydrogens is 196 g/mol. The van der Waals surface area contributed by atoms with Crippen molar-refractivity contribution in [2.75, 3.05) is 26.7 Å². The third-order valence-electron chi connectivity index (χ3n) is 3.15. The van der Waals surface area contributed by atoms with Crippen LogP contribution in [0.5, 0.6) is 0 Å². The number of unbranched alkanes of at least 4 members (excludes halogenated alkanes) is 3. The van der Waals surface area contributed by atoms with Crippen LogP contribution in [0.1, 0.15) is 59.3 Å². The lowest BCUT2D eigenvalue weighted by Crippen LogP contribution is -2.46. The smallest absolute Gasteiger partial charge is 0.0784 e. The Labute approximate surface area is 103 Å². The highest BCUT2D eigenvalue weighted by Gasteiger charge is 2.18. The second-order valence-electron chi connectivity index (χ2n) is 4.85. The summed E-state index contributed by atoms with van der Waals surface area (Å²) in [7, 11) is 2.45. The molecule has 0 radical (unpaired) electrons. The number of rotatable bonds is 9. The van der Waals surface area contributed by atoms with Crippen LogP contribution in [0.3, 0.4) is 0 Å². The van der Waals surface area contributed by atoms with Gasteiger partial charge in [-0.3, -0.25) is 0 Å². The summed E-state index contributed by atoms with van der Waals surface area (Å²) in [5, 5.41) is 6.25. The van der Waals surface area contributed by atoms with E-state index in [4.69, 9.17) is 11.8 Å². The average Bonchev–Trinajstić information content (AvgIpc) is 2.34. The van der Waals surface area contributed by atoms with E-state index in [1.165, 1.54) is 62.6 Å². The van der Waals surface area contributed by atoms with Crippen LogP contribution in [0.15, 0.2) is 0 Å². The molecule has 0 heterocycles. The standard InChI is InChI=1S/C13H30N.CN/c1-5-8-11-14(4,12-9-6-2)13-10-7-3;1-2/h5-13H2,1-4H3;/q+1;-1. The van der Waals surface area contributed by atoms with Gasteiger partial charge in [-0.15, -0.1) is 0 Å². The summed E-state index contributed by atoms with van der Waals surface area (Å²) < 4.78 is 1.32. The molecular formula is C14H30N2. The molecule has 0 saturated carbocycles. The molecule has 0 fully saturated rings. The Balaban J connectivity index is 0. The van der Waals surface area contributed by atoms with Crippen LogP contribution in [0.2, 0.25) is 0 Å². The Morgan fingerprint density at radius 1 is 0.750 bits per heavy atom. The molecule has 0 aromatic heterocycles. The van der Waals surface area contributed by atoms with Gasteiger partial charge < -0.3 is 16.3 Å². The lowest BCUT2D eigenvalue weighted by molar-refractivity contribution is -0.910. The van der Waals surface area contributed by atoms with Crippen LogP contribution >= 0.6 is 0 Å². The SMILES string of the molecule is CCCC[N+](C)(CCCC)CCCC.[C-]#N. The van der Waals surface area contributed by atoms with E-state index in [0.29, 0.717) is 0 Å². The summed E-state index contributed by atoms with van der Waals surface area (Å²) in [6.07, 6.45) is 8.20. The van der Waals surface area contributed by atoms with Crippen LogP contribution in [-0.2, 0) is 0 Å². The van der Waals surface area contributed by atoms with Gasteiger partial charge in [0.1, 0.15) is 0 Å². The van der Waals surface area contributed by atoms with Gasteiger partial charge in [0.2, 0.25) is 0 Å². The average molecular weight is 226 g/mol. The summed E-state index contributed by atoms with van der Waals surface area (Å²) in [6.45, 7) is 15.8. The quantitative estimate of drug-likeness (QED) is 0.432. The fourth-order valence-corrected chi connectivity index (χ4v) is 1.95. The van der Waals surface area contributed by atoms with Crippen LogP contribution in [0, 0.1) is 11.8 Å². The van der Waals surface area contributed by atoms with Crippen molar-refractivity contribution >= 4 is 0 Å². The maximum Gasteiger partial charge on any atom is 0.0784 e. The van der Waals surface area contributed by atoms with Gasteiger partial charge in [-0.05, 0) is 19.3 Å². The van der Waals surface area contributed by atoms with Crippen molar-refractivity contribution in [3.8, 4) is 0 Å². The van der Waals surface area contributed by atoms with E-state index in [0.717, 1.165) is 0 Å². The number of hydrogen-bond donors (Lipinski definition) is 0. The molecule has 0 aromatic carbocycles. The second-order valence-corrected chi connectivity index (χ2v) is 4.85. The fourth-order valence-electron chi connectivity index (χ4n) is 1.95. The zero-order valence-corrected chi connectivity index (χ0v) is 11.8. The minimum atomic E-state index is 1.32. The molecule has 0 aliphatic carbocycles. The molecule has 0 rings (SSSR count). The van der Waals surface area contributed by atoms with Crippen molar-refractivity contribution in [2.45, 2.75) is 59.3 Å². The second kappa shape index (κ2) is 12.5. The Morgan fingerprint density at radius 2 is 1.00 bits per heavy atom. The monoisotopic (exact) mass is 226 g/mol. The van der Waals surface area contributed by atoms with Gasteiger partial charge >= 0.3 is 0 Å². The van der Waals surface area contributed by atoms with E-state index >= 15 is 0 Å². The van der Waals surface area contributed by atoms with Gasteiger partial charge in [-0.25, -0.2) is 0 Å². The molecule has 0 unspecified atom stereocenters. The first-order chi connectivity index (χ1) is 7.68. The first-order valence-corrected chi connectivity index (χ1v) is 6.74. The van der Waals surface area contributed by atoms with Crippen molar-refractivity contribution in [1.82, 2.24) is 0 Å². The van der Waals surface area contributed by atoms with E-state index in [1.807, 2.05) is 0 Å². The number of quaternary nitrogens is 1. The highest BCUT2D eigenvalue weighted by Crippen LogP contribution is 2.10. The normalized spacial score (nSPS) is 10.6. The van der Waals surface area contributed by atoms with Gasteiger partial charge in [-0.1, -0.05) is 40.0 Å². The zero-order valence-electron chi connectivity index (χ0n) is 11.8. The maximum absolute atomic E-state index is 6.25. The van der Waals surface area contributed by atoms with Gasteiger partial charge in [-0.2, -0.15) is 0 Å². The fraction of sp³-hybridized carbons (Fsp3) is 0.929. The first-order valence-electron chi connectivity index (χ1n) is 6.74. The highest BCUT2D eigenvalue weighted by molar-refractivity contribution is 4.43. The molecule has 96 valence electrons. The van der Waals surface area contributed by atoms with Crippen molar-refractivity contribution in [3.63, 3.8) is 0 Å². The van der Waals surface area contributed by atoms with Crippen molar-refractivity contribution in [2.24, 2.45) is 0 Å². The molecule has 0 spiro atoms. The largest absolute Gasteiger partial charge is 0.512 e. The molecule has 0 amide bonds. The molecule has 0 saturated heterocycles. The molecule has 16 heavy (non-hydrogen) atoms. The lowest BCUT2D eigenvalue weighted by Gasteiger charge is -2.34. The Hall–Kier alpha value is -0.550. The van der Waals surface area contributed by atoms with Gasteiger partial charge in [0.05, 0.1) is 26.7 Å². The highest BCUT2D eigenvalue weighted by atomic mass is 15.3. The molecule has 2 nitrogen and oxygen atoms in total. The van der Waals surface area contributed by atoms with Crippen LogP contribution in [0.4, 0.5) is 0 Å². The zero-order chi connectivity index (χ0) is 12.9. The lowest BCUT2D eigenvalue weighted by atomic mass is 10.2. The summed E-state index contributed by atoms with van der Waals surface area (Å²) in [5.41, 5.74) is 0. The number of hydrogen-bond acceptors (Lipinski definition) is 1. The van der Waals surface area contributed by atoms with E-state index in [2.05, 4.69) is 27.8 Å². The van der Waals surface area contributed by atoms with E-state index in [9.17, 15) is 0 Å². The maximum atomic E-state index is 6.25. The summed E-state index contributed by atoms with van der Waals surface area (Å²) >= 11 is 0. The third-order valence-corrected chi connectivity index (χ3v) is 3.15. The van der Waals surface area contributed by atoms with Crippen molar-refractivity contribution in [1.29, 1.82) is 5.26 Å². The summed E-state index contributed by atoms with van der Waals surface area (Å²) in [6, 6.07) is 0. The Morgan fingerprint density at radius 3 is 1.19 bits per heavy atom. The van der Waals surface area contributed by atoms with Crippen molar-refractivity contribution in [3.05, 3.63) is 6.57 Å². The first kappa shape index (κ1) is 17.8. The number of nitrogens with zero attached hydrogens (tertiary/aromatic N) is 2. The Kier molecular flexibility index (Phi) is 14.0. The minimum Gasteiger partial charge on any atom is -0.512 e. The molecule has 0 bridgehead atoms. The van der Waals surface area contributed by atoms with Crippen LogP contribution < -0.4 is 0 Å². The van der Waals surface area contributed by atoms with Gasteiger partial charge in [0.15, 0.2) is 0 Å². The topological polar surface area (TPSA) is 23.8 Å². The summed E-state index contributed by atoms with van der Waals surface area (Å²) in [5.74, 6) is 0. The predicted molar refractivity (Wildman–Crippen MR) is 70.5 cm³/mol. The van der Waals surface area contributed by atoms with E-state index < -0.39 is 0 Å². The molecule has 0 aromatic rings. The van der Waals surface area contributed by atoms with Crippen molar-refractivity contribution < 1.29 is 4.48 Å². The van der Waals surface area contributed by atoms with Gasteiger partial charge in [0, 0.05) is 0 Å². The predicted octanol–water partition coefficient (Wildman–Crippen LogP) is 3.93. The molecule has 0 aliphatic heterocycles. The molecule has 0 N–H and O–H groups in total. The van der Waals surface area contributed by atoms with E-state index in [1.54, 1.807) is 0 Å². The molecule has 0 atom stereocenters. The van der Waals surface area contributed by atoms with Crippen LogP contribution in [0.25, 0.3) is 0 Å².